The normalized spacial score (nSPS) is 16.2. The highest BCUT2D eigenvalue weighted by atomic mass is 35.5. The summed E-state index contributed by atoms with van der Waals surface area (Å²) in [4.78, 5) is 32.3. The van der Waals surface area contributed by atoms with Gasteiger partial charge in [0.25, 0.3) is 5.78 Å². The van der Waals surface area contributed by atoms with Crippen molar-refractivity contribution in [2.45, 2.75) is 35.9 Å². The molecule has 0 aliphatic carbocycles. The van der Waals surface area contributed by atoms with Crippen molar-refractivity contribution in [2.75, 3.05) is 18.6 Å². The van der Waals surface area contributed by atoms with Crippen molar-refractivity contribution in [1.82, 2.24) is 15.2 Å². The highest BCUT2D eigenvalue weighted by Crippen LogP contribution is 2.45. The van der Waals surface area contributed by atoms with E-state index >= 15 is 0 Å². The predicted octanol–water partition coefficient (Wildman–Crippen LogP) is 6.69. The highest BCUT2D eigenvalue weighted by molar-refractivity contribution is 8.00. The standard InChI is InChI=1S/C30H27ClN4O5S2/c1-3-4-15-40-22-10-9-19(16-23(22)39-2)25-24(26(36)18-11-13-32-14-12-18)27(37)28(38)35(25)29-33-34-30(42-29)41-17-20-7-5-6-8-21(20)31/h5-14,16,25,36H,3-4,15,17H2,1-2H3. The minimum absolute atomic E-state index is 0.0756. The second kappa shape index (κ2) is 13.4. The van der Waals surface area contributed by atoms with E-state index in [1.807, 2.05) is 24.3 Å². The van der Waals surface area contributed by atoms with Gasteiger partial charge in [-0.2, -0.15) is 0 Å². The van der Waals surface area contributed by atoms with Gasteiger partial charge in [-0.05, 0) is 47.9 Å². The summed E-state index contributed by atoms with van der Waals surface area (Å²) < 4.78 is 12.1. The van der Waals surface area contributed by atoms with Gasteiger partial charge >= 0.3 is 5.91 Å². The summed E-state index contributed by atoms with van der Waals surface area (Å²) in [6.45, 7) is 2.59. The molecule has 2 aromatic carbocycles. The van der Waals surface area contributed by atoms with Crippen LogP contribution in [0.4, 0.5) is 5.13 Å². The van der Waals surface area contributed by atoms with E-state index < -0.39 is 17.7 Å². The molecule has 4 aromatic rings. The number of anilines is 1. The number of rotatable bonds is 11. The number of aromatic nitrogens is 3. The number of halogens is 1. The van der Waals surface area contributed by atoms with E-state index in [0.29, 0.717) is 44.3 Å². The Morgan fingerprint density at radius 1 is 1.10 bits per heavy atom. The molecular formula is C30H27ClN4O5S2. The number of benzene rings is 2. The summed E-state index contributed by atoms with van der Waals surface area (Å²) in [6, 6.07) is 14.9. The number of aliphatic hydroxyl groups excluding tert-OH is 1. The number of unbranched alkanes of at least 4 members (excludes halogenated alkanes) is 1. The van der Waals surface area contributed by atoms with Crippen molar-refractivity contribution in [2.24, 2.45) is 0 Å². The molecular weight excluding hydrogens is 596 g/mol. The monoisotopic (exact) mass is 622 g/mol. The molecule has 0 saturated carbocycles. The molecule has 0 bridgehead atoms. The lowest BCUT2D eigenvalue weighted by molar-refractivity contribution is -0.132. The number of pyridine rings is 1. The van der Waals surface area contributed by atoms with Crippen molar-refractivity contribution in [1.29, 1.82) is 0 Å². The number of hydrogen-bond acceptors (Lipinski definition) is 10. The molecule has 216 valence electrons. The van der Waals surface area contributed by atoms with Gasteiger partial charge in [-0.1, -0.05) is 72.3 Å². The van der Waals surface area contributed by atoms with Crippen molar-refractivity contribution in [3.8, 4) is 11.5 Å². The number of aliphatic hydroxyl groups is 1. The number of methoxy groups -OCH3 is 1. The molecule has 42 heavy (non-hydrogen) atoms. The second-order valence-electron chi connectivity index (χ2n) is 9.25. The Labute approximate surface area is 256 Å². The number of carbonyl (C=O) groups excluding carboxylic acids is 2. The Morgan fingerprint density at radius 3 is 2.62 bits per heavy atom. The molecule has 1 N–H and O–H groups in total. The SMILES string of the molecule is CCCCOc1ccc(C2C(=C(O)c3ccncc3)C(=O)C(=O)N2c2nnc(SCc3ccccc3Cl)s2)cc1OC. The fourth-order valence-corrected chi connectivity index (χ4v) is 6.58. The van der Waals surface area contributed by atoms with Crippen molar-refractivity contribution < 1.29 is 24.2 Å². The maximum atomic E-state index is 13.5. The van der Waals surface area contributed by atoms with Crippen LogP contribution in [-0.2, 0) is 15.3 Å². The molecule has 12 heteroatoms. The first-order valence-corrected chi connectivity index (χ1v) is 15.3. The second-order valence-corrected chi connectivity index (χ2v) is 11.8. The number of hydrogen-bond donors (Lipinski definition) is 1. The molecule has 9 nitrogen and oxygen atoms in total. The number of ketones is 1. The molecule has 1 fully saturated rings. The lowest BCUT2D eigenvalue weighted by Crippen LogP contribution is -2.29. The van der Waals surface area contributed by atoms with Crippen LogP contribution in [0.25, 0.3) is 5.76 Å². The van der Waals surface area contributed by atoms with Crippen LogP contribution < -0.4 is 14.4 Å². The third-order valence-electron chi connectivity index (χ3n) is 6.57. The van der Waals surface area contributed by atoms with Crippen LogP contribution in [0, 0.1) is 0 Å². The molecule has 0 radical (unpaired) electrons. The van der Waals surface area contributed by atoms with Gasteiger partial charge in [-0.3, -0.25) is 19.5 Å². The molecule has 5 rings (SSSR count). The zero-order valence-electron chi connectivity index (χ0n) is 22.8. The van der Waals surface area contributed by atoms with E-state index in [2.05, 4.69) is 22.1 Å². The van der Waals surface area contributed by atoms with Crippen LogP contribution >= 0.6 is 34.7 Å². The Bertz CT molecular complexity index is 1630. The van der Waals surface area contributed by atoms with E-state index in [0.717, 1.165) is 18.4 Å². The quantitative estimate of drug-likeness (QED) is 0.0487. The first-order valence-electron chi connectivity index (χ1n) is 13.1. The van der Waals surface area contributed by atoms with Gasteiger partial charge < -0.3 is 14.6 Å². The molecule has 1 unspecified atom stereocenters. The molecule has 1 amide bonds. The van der Waals surface area contributed by atoms with Crippen molar-refractivity contribution >= 4 is 57.3 Å². The highest BCUT2D eigenvalue weighted by Gasteiger charge is 2.48. The van der Waals surface area contributed by atoms with Crippen molar-refractivity contribution in [3.63, 3.8) is 0 Å². The van der Waals surface area contributed by atoms with Crippen LogP contribution in [0.3, 0.4) is 0 Å². The molecule has 1 aliphatic heterocycles. The average Bonchev–Trinajstić information content (AvgIpc) is 3.58. The van der Waals surface area contributed by atoms with Gasteiger partial charge in [0, 0.05) is 28.7 Å². The summed E-state index contributed by atoms with van der Waals surface area (Å²) in [7, 11) is 1.52. The molecule has 0 spiro atoms. The van der Waals surface area contributed by atoms with Crippen molar-refractivity contribution in [3.05, 3.63) is 94.3 Å². The van der Waals surface area contributed by atoms with Crippen LogP contribution in [-0.4, -0.2) is 45.7 Å². The third kappa shape index (κ3) is 6.13. The molecule has 1 saturated heterocycles. The van der Waals surface area contributed by atoms with E-state index in [4.69, 9.17) is 21.1 Å². The molecule has 3 heterocycles. The Morgan fingerprint density at radius 2 is 1.88 bits per heavy atom. The van der Waals surface area contributed by atoms with Crippen LogP contribution in [0.5, 0.6) is 11.5 Å². The van der Waals surface area contributed by atoms with Gasteiger partial charge in [-0.15, -0.1) is 10.2 Å². The summed E-state index contributed by atoms with van der Waals surface area (Å²) in [6.07, 6.45) is 4.85. The van der Waals surface area contributed by atoms with Gasteiger partial charge in [0.2, 0.25) is 5.13 Å². The van der Waals surface area contributed by atoms with Gasteiger partial charge in [0.05, 0.1) is 25.3 Å². The van der Waals surface area contributed by atoms with E-state index in [1.165, 1.54) is 47.5 Å². The zero-order chi connectivity index (χ0) is 29.6. The number of thioether (sulfide) groups is 1. The number of nitrogens with zero attached hydrogens (tertiary/aromatic N) is 4. The number of ether oxygens (including phenoxy) is 2. The zero-order valence-corrected chi connectivity index (χ0v) is 25.2. The van der Waals surface area contributed by atoms with Gasteiger partial charge in [0.15, 0.2) is 15.8 Å². The van der Waals surface area contributed by atoms with Gasteiger partial charge in [-0.25, -0.2) is 0 Å². The molecule has 1 atom stereocenters. The van der Waals surface area contributed by atoms with Gasteiger partial charge in [0.1, 0.15) is 5.76 Å². The average molecular weight is 623 g/mol. The first-order chi connectivity index (χ1) is 20.4. The minimum Gasteiger partial charge on any atom is -0.507 e. The Kier molecular flexibility index (Phi) is 9.41. The maximum absolute atomic E-state index is 13.5. The molecule has 1 aliphatic rings. The van der Waals surface area contributed by atoms with E-state index in [9.17, 15) is 14.7 Å². The summed E-state index contributed by atoms with van der Waals surface area (Å²) in [5.41, 5.74) is 1.75. The Balaban J connectivity index is 1.55. The van der Waals surface area contributed by atoms with Crippen LogP contribution in [0.15, 0.2) is 76.9 Å². The summed E-state index contributed by atoms with van der Waals surface area (Å²) in [5, 5.41) is 20.7. The number of carbonyl (C=O) groups is 2. The number of amides is 1. The predicted molar refractivity (Wildman–Crippen MR) is 163 cm³/mol. The minimum atomic E-state index is -0.994. The lowest BCUT2D eigenvalue weighted by Gasteiger charge is -2.23. The maximum Gasteiger partial charge on any atom is 0.301 e. The summed E-state index contributed by atoms with van der Waals surface area (Å²) >= 11 is 8.90. The largest absolute Gasteiger partial charge is 0.507 e. The smallest absolute Gasteiger partial charge is 0.301 e. The first kappa shape index (κ1) is 29.6. The molecule has 2 aromatic heterocycles. The lowest BCUT2D eigenvalue weighted by atomic mass is 9.95. The Hall–Kier alpha value is -3.93. The summed E-state index contributed by atoms with van der Waals surface area (Å²) in [5.74, 6) is -0.451. The third-order valence-corrected chi connectivity index (χ3v) is 9.04. The topological polar surface area (TPSA) is 115 Å². The number of Topliss-reactive ketones (excluding diaryl/α,β-unsaturated/α-hetero) is 1. The van der Waals surface area contributed by atoms with E-state index in [1.54, 1.807) is 30.3 Å². The van der Waals surface area contributed by atoms with Crippen LogP contribution in [0.2, 0.25) is 5.02 Å². The fraction of sp³-hybridized carbons (Fsp3) is 0.233. The van der Waals surface area contributed by atoms with Crippen LogP contribution in [0.1, 0.15) is 42.5 Å². The van der Waals surface area contributed by atoms with E-state index in [-0.39, 0.29) is 16.5 Å². The fourth-order valence-electron chi connectivity index (χ4n) is 4.42.